The standard InChI is InChI=1S/C18H36O/c1-4-7-9-10-11-12-13-14-16-18(19)17(6-3)15-8-5-2/h17H,4-16H2,1-3H3. The molecule has 0 aliphatic carbocycles. The topological polar surface area (TPSA) is 17.1 Å². The first-order chi connectivity index (χ1) is 9.26. The molecule has 19 heavy (non-hydrogen) atoms. The smallest absolute Gasteiger partial charge is 0.135 e. The molecule has 114 valence electrons. The maximum absolute atomic E-state index is 12.1. The average molecular weight is 268 g/mol. The maximum Gasteiger partial charge on any atom is 0.135 e. The third kappa shape index (κ3) is 11.2. The number of hydrogen-bond donors (Lipinski definition) is 0. The van der Waals surface area contributed by atoms with Gasteiger partial charge in [0.05, 0.1) is 0 Å². The molecule has 1 heteroatoms. The minimum atomic E-state index is 0.351. The second-order valence-electron chi connectivity index (χ2n) is 5.94. The van der Waals surface area contributed by atoms with E-state index in [-0.39, 0.29) is 0 Å². The largest absolute Gasteiger partial charge is 0.299 e. The number of Topliss-reactive ketones (excluding diaryl/α,β-unsaturated/α-hetero) is 1. The molecule has 1 nitrogen and oxygen atoms in total. The highest BCUT2D eigenvalue weighted by molar-refractivity contribution is 5.80. The summed E-state index contributed by atoms with van der Waals surface area (Å²) in [5.74, 6) is 0.881. The van der Waals surface area contributed by atoms with Crippen LogP contribution < -0.4 is 0 Å². The second-order valence-corrected chi connectivity index (χ2v) is 5.94. The van der Waals surface area contributed by atoms with Crippen molar-refractivity contribution in [2.75, 3.05) is 0 Å². The number of hydrogen-bond acceptors (Lipinski definition) is 1. The van der Waals surface area contributed by atoms with Crippen molar-refractivity contribution >= 4 is 5.78 Å². The monoisotopic (exact) mass is 268 g/mol. The summed E-state index contributed by atoms with van der Waals surface area (Å²) in [6.07, 6.45) is 15.9. The van der Waals surface area contributed by atoms with Crippen molar-refractivity contribution in [3.8, 4) is 0 Å². The Morgan fingerprint density at radius 1 is 0.737 bits per heavy atom. The van der Waals surface area contributed by atoms with E-state index in [9.17, 15) is 4.79 Å². The third-order valence-corrected chi connectivity index (χ3v) is 4.13. The van der Waals surface area contributed by atoms with Crippen LogP contribution in [0.1, 0.15) is 104 Å². The molecule has 0 radical (unpaired) electrons. The minimum Gasteiger partial charge on any atom is -0.299 e. The van der Waals surface area contributed by atoms with E-state index in [2.05, 4.69) is 20.8 Å². The summed E-state index contributed by atoms with van der Waals surface area (Å²) in [4.78, 5) is 12.1. The van der Waals surface area contributed by atoms with E-state index in [1.807, 2.05) is 0 Å². The Balaban J connectivity index is 3.45. The zero-order valence-electron chi connectivity index (χ0n) is 13.7. The van der Waals surface area contributed by atoms with Gasteiger partial charge in [-0.25, -0.2) is 0 Å². The van der Waals surface area contributed by atoms with Crippen molar-refractivity contribution in [1.82, 2.24) is 0 Å². The second kappa shape index (κ2) is 14.1. The van der Waals surface area contributed by atoms with E-state index in [1.165, 1.54) is 57.8 Å². The Morgan fingerprint density at radius 3 is 1.79 bits per heavy atom. The van der Waals surface area contributed by atoms with Crippen LogP contribution >= 0.6 is 0 Å². The molecule has 0 aromatic rings. The molecule has 0 aromatic carbocycles. The molecule has 0 fully saturated rings. The van der Waals surface area contributed by atoms with Gasteiger partial charge in [0.25, 0.3) is 0 Å². The molecule has 0 bridgehead atoms. The Kier molecular flexibility index (Phi) is 13.8. The van der Waals surface area contributed by atoms with E-state index in [4.69, 9.17) is 0 Å². The Hall–Kier alpha value is -0.330. The first-order valence-electron chi connectivity index (χ1n) is 8.78. The quantitative estimate of drug-likeness (QED) is 0.338. The van der Waals surface area contributed by atoms with Gasteiger partial charge in [-0.05, 0) is 19.3 Å². The van der Waals surface area contributed by atoms with Gasteiger partial charge in [-0.2, -0.15) is 0 Å². The molecular formula is C18H36O. The van der Waals surface area contributed by atoms with Crippen LogP contribution in [-0.2, 0) is 4.79 Å². The molecule has 0 N–H and O–H groups in total. The predicted octanol–water partition coefficient (Wildman–Crippen LogP) is 6.30. The highest BCUT2D eigenvalue weighted by Gasteiger charge is 2.14. The van der Waals surface area contributed by atoms with Gasteiger partial charge in [0.2, 0.25) is 0 Å². The fraction of sp³-hybridized carbons (Fsp3) is 0.944. The van der Waals surface area contributed by atoms with Gasteiger partial charge in [0.15, 0.2) is 0 Å². The molecule has 0 heterocycles. The lowest BCUT2D eigenvalue weighted by Gasteiger charge is -2.12. The lowest BCUT2D eigenvalue weighted by molar-refractivity contribution is -0.123. The molecule has 1 unspecified atom stereocenters. The van der Waals surface area contributed by atoms with Crippen molar-refractivity contribution in [2.45, 2.75) is 104 Å². The fourth-order valence-corrected chi connectivity index (χ4v) is 2.68. The zero-order chi connectivity index (χ0) is 14.3. The van der Waals surface area contributed by atoms with Crippen LogP contribution in [0, 0.1) is 5.92 Å². The van der Waals surface area contributed by atoms with E-state index < -0.39 is 0 Å². The van der Waals surface area contributed by atoms with E-state index in [0.29, 0.717) is 11.7 Å². The highest BCUT2D eigenvalue weighted by Crippen LogP contribution is 2.17. The molecule has 0 aromatic heterocycles. The van der Waals surface area contributed by atoms with Crippen molar-refractivity contribution in [1.29, 1.82) is 0 Å². The number of carbonyl (C=O) groups excluding carboxylic acids is 1. The number of carbonyl (C=O) groups is 1. The van der Waals surface area contributed by atoms with Gasteiger partial charge in [0.1, 0.15) is 5.78 Å². The number of ketones is 1. The third-order valence-electron chi connectivity index (χ3n) is 4.13. The van der Waals surface area contributed by atoms with Crippen molar-refractivity contribution in [2.24, 2.45) is 5.92 Å². The van der Waals surface area contributed by atoms with Gasteiger partial charge in [-0.1, -0.05) is 78.6 Å². The average Bonchev–Trinajstić information content (AvgIpc) is 2.42. The normalized spacial score (nSPS) is 12.6. The molecular weight excluding hydrogens is 232 g/mol. The molecule has 0 saturated carbocycles. The van der Waals surface area contributed by atoms with Crippen molar-refractivity contribution < 1.29 is 4.79 Å². The van der Waals surface area contributed by atoms with Crippen LogP contribution in [0.5, 0.6) is 0 Å². The highest BCUT2D eigenvalue weighted by atomic mass is 16.1. The lowest BCUT2D eigenvalue weighted by Crippen LogP contribution is -2.13. The van der Waals surface area contributed by atoms with E-state index in [0.717, 1.165) is 25.7 Å². The number of rotatable bonds is 14. The lowest BCUT2D eigenvalue weighted by atomic mass is 9.91. The summed E-state index contributed by atoms with van der Waals surface area (Å²) in [6, 6.07) is 0. The van der Waals surface area contributed by atoms with Gasteiger partial charge >= 0.3 is 0 Å². The molecule has 0 spiro atoms. The summed E-state index contributed by atoms with van der Waals surface area (Å²) in [7, 11) is 0. The van der Waals surface area contributed by atoms with Gasteiger partial charge < -0.3 is 0 Å². The van der Waals surface area contributed by atoms with Crippen molar-refractivity contribution in [3.05, 3.63) is 0 Å². The SMILES string of the molecule is CCCCCCCCCCC(=O)C(CC)CCCC. The summed E-state index contributed by atoms with van der Waals surface area (Å²) in [5, 5.41) is 0. The van der Waals surface area contributed by atoms with Crippen LogP contribution in [0.15, 0.2) is 0 Å². The maximum atomic E-state index is 12.1. The van der Waals surface area contributed by atoms with Gasteiger partial charge in [-0.3, -0.25) is 4.79 Å². The first-order valence-corrected chi connectivity index (χ1v) is 8.78. The predicted molar refractivity (Wildman–Crippen MR) is 85.5 cm³/mol. The zero-order valence-corrected chi connectivity index (χ0v) is 13.7. The van der Waals surface area contributed by atoms with Crippen LogP contribution in [0.25, 0.3) is 0 Å². The number of unbranched alkanes of at least 4 members (excludes halogenated alkanes) is 8. The first kappa shape index (κ1) is 18.7. The van der Waals surface area contributed by atoms with Gasteiger partial charge in [0, 0.05) is 12.3 Å². The summed E-state index contributed by atoms with van der Waals surface area (Å²) in [5.41, 5.74) is 0. The van der Waals surface area contributed by atoms with Crippen LogP contribution in [0.4, 0.5) is 0 Å². The Labute approximate surface area is 121 Å². The Morgan fingerprint density at radius 2 is 1.26 bits per heavy atom. The fourth-order valence-electron chi connectivity index (χ4n) is 2.68. The van der Waals surface area contributed by atoms with Crippen LogP contribution in [0.3, 0.4) is 0 Å². The van der Waals surface area contributed by atoms with Crippen molar-refractivity contribution in [3.63, 3.8) is 0 Å². The molecule has 0 aliphatic heterocycles. The van der Waals surface area contributed by atoms with E-state index >= 15 is 0 Å². The molecule has 0 aliphatic rings. The summed E-state index contributed by atoms with van der Waals surface area (Å²) in [6.45, 7) is 6.62. The Bertz CT molecular complexity index is 198. The van der Waals surface area contributed by atoms with E-state index in [1.54, 1.807) is 0 Å². The van der Waals surface area contributed by atoms with Crippen LogP contribution in [-0.4, -0.2) is 5.78 Å². The summed E-state index contributed by atoms with van der Waals surface area (Å²) < 4.78 is 0. The minimum absolute atomic E-state index is 0.351. The summed E-state index contributed by atoms with van der Waals surface area (Å²) >= 11 is 0. The van der Waals surface area contributed by atoms with Gasteiger partial charge in [-0.15, -0.1) is 0 Å². The molecule has 1 atom stereocenters. The molecule has 0 rings (SSSR count). The molecule has 0 amide bonds. The van der Waals surface area contributed by atoms with Crippen LogP contribution in [0.2, 0.25) is 0 Å². The molecule has 0 saturated heterocycles.